The van der Waals surface area contributed by atoms with Crippen LogP contribution in [0.15, 0.2) is 72.8 Å². The minimum Gasteiger partial charge on any atom is -0.495 e. The minimum atomic E-state index is -0.602. The summed E-state index contributed by atoms with van der Waals surface area (Å²) in [7, 11) is 1.53. The van der Waals surface area contributed by atoms with E-state index in [-0.39, 0.29) is 5.91 Å². The zero-order valence-corrected chi connectivity index (χ0v) is 20.1. The van der Waals surface area contributed by atoms with Crippen LogP contribution in [0.25, 0.3) is 10.9 Å². The standard InChI is InChI=1S/C28H25N3O5/c1-17-8-13-23-21(14-17)22(15-18(2)29-23)28(34)36-16-26(32)30-20-11-9-19(10-12-20)27(33)31-24-6-4-5-7-25(24)35-3/h4-15H,16H2,1-3H3,(H,30,32)(H,31,33). The van der Waals surface area contributed by atoms with Crippen LogP contribution in [0.3, 0.4) is 0 Å². The number of aryl methyl sites for hydroxylation is 2. The Hall–Kier alpha value is -4.72. The summed E-state index contributed by atoms with van der Waals surface area (Å²) in [6, 6.07) is 20.7. The fraction of sp³-hybridized carbons (Fsp3) is 0.143. The molecule has 0 aliphatic carbocycles. The molecule has 0 aliphatic rings. The van der Waals surface area contributed by atoms with Gasteiger partial charge in [-0.15, -0.1) is 0 Å². The Balaban J connectivity index is 1.36. The van der Waals surface area contributed by atoms with Crippen LogP contribution in [0, 0.1) is 13.8 Å². The average molecular weight is 484 g/mol. The SMILES string of the molecule is COc1ccccc1NC(=O)c1ccc(NC(=O)COC(=O)c2cc(C)nc3ccc(C)cc23)cc1. The normalized spacial score (nSPS) is 10.5. The monoisotopic (exact) mass is 483 g/mol. The summed E-state index contributed by atoms with van der Waals surface area (Å²) in [6.45, 7) is 3.27. The summed E-state index contributed by atoms with van der Waals surface area (Å²) in [5.74, 6) is -0.869. The van der Waals surface area contributed by atoms with Gasteiger partial charge in [-0.05, 0) is 68.4 Å². The van der Waals surface area contributed by atoms with Crippen molar-refractivity contribution in [3.63, 3.8) is 0 Å². The van der Waals surface area contributed by atoms with Gasteiger partial charge in [-0.3, -0.25) is 14.6 Å². The van der Waals surface area contributed by atoms with Crippen molar-refractivity contribution in [2.24, 2.45) is 0 Å². The maximum absolute atomic E-state index is 12.7. The lowest BCUT2D eigenvalue weighted by molar-refractivity contribution is -0.119. The van der Waals surface area contributed by atoms with Gasteiger partial charge in [0, 0.05) is 22.3 Å². The maximum Gasteiger partial charge on any atom is 0.339 e. The highest BCUT2D eigenvalue weighted by atomic mass is 16.5. The van der Waals surface area contributed by atoms with Crippen LogP contribution < -0.4 is 15.4 Å². The molecule has 0 atom stereocenters. The van der Waals surface area contributed by atoms with Gasteiger partial charge < -0.3 is 20.1 Å². The number of pyridine rings is 1. The first-order chi connectivity index (χ1) is 17.3. The maximum atomic E-state index is 12.7. The van der Waals surface area contributed by atoms with Gasteiger partial charge >= 0.3 is 5.97 Å². The number of hydrogen-bond acceptors (Lipinski definition) is 6. The first-order valence-corrected chi connectivity index (χ1v) is 11.2. The summed E-state index contributed by atoms with van der Waals surface area (Å²) >= 11 is 0. The second-order valence-corrected chi connectivity index (χ2v) is 8.19. The van der Waals surface area contributed by atoms with Crippen LogP contribution in [-0.2, 0) is 9.53 Å². The third kappa shape index (κ3) is 5.67. The molecule has 1 aromatic heterocycles. The van der Waals surface area contributed by atoms with E-state index in [4.69, 9.17) is 9.47 Å². The van der Waals surface area contributed by atoms with E-state index < -0.39 is 18.5 Å². The molecule has 0 bridgehead atoms. The number of methoxy groups -OCH3 is 1. The van der Waals surface area contributed by atoms with E-state index in [1.54, 1.807) is 55.5 Å². The highest BCUT2D eigenvalue weighted by Gasteiger charge is 2.16. The Kier molecular flexibility index (Phi) is 7.25. The molecule has 0 fully saturated rings. The first-order valence-electron chi connectivity index (χ1n) is 11.2. The second-order valence-electron chi connectivity index (χ2n) is 8.19. The van der Waals surface area contributed by atoms with Crippen LogP contribution in [-0.4, -0.2) is 36.5 Å². The van der Waals surface area contributed by atoms with Crippen LogP contribution in [0.1, 0.15) is 32.0 Å². The molecule has 1 heterocycles. The minimum absolute atomic E-state index is 0.318. The number of benzene rings is 3. The quantitative estimate of drug-likeness (QED) is 0.362. The molecule has 0 saturated heterocycles. The molecule has 4 aromatic rings. The Bertz CT molecular complexity index is 1450. The number of esters is 1. The lowest BCUT2D eigenvalue weighted by Crippen LogP contribution is -2.21. The van der Waals surface area contributed by atoms with E-state index in [0.717, 1.165) is 5.56 Å². The van der Waals surface area contributed by atoms with Gasteiger partial charge in [-0.25, -0.2) is 4.79 Å². The number of nitrogens with one attached hydrogen (secondary N) is 2. The molecule has 8 nitrogen and oxygen atoms in total. The fourth-order valence-corrected chi connectivity index (χ4v) is 3.69. The van der Waals surface area contributed by atoms with Gasteiger partial charge in [0.25, 0.3) is 11.8 Å². The fourth-order valence-electron chi connectivity index (χ4n) is 3.69. The molecule has 0 aliphatic heterocycles. The van der Waals surface area contributed by atoms with Crippen molar-refractivity contribution in [3.8, 4) is 5.75 Å². The number of carbonyl (C=O) groups is 3. The molecular formula is C28H25N3O5. The van der Waals surface area contributed by atoms with Crippen molar-refractivity contribution in [2.75, 3.05) is 24.4 Å². The van der Waals surface area contributed by atoms with Crippen LogP contribution in [0.5, 0.6) is 5.75 Å². The number of fused-ring (bicyclic) bond motifs is 1. The van der Waals surface area contributed by atoms with E-state index >= 15 is 0 Å². The number of aromatic nitrogens is 1. The van der Waals surface area contributed by atoms with E-state index in [1.807, 2.05) is 31.2 Å². The molecule has 0 radical (unpaired) electrons. The van der Waals surface area contributed by atoms with Crippen molar-refractivity contribution < 1.29 is 23.9 Å². The Labute approximate surface area is 208 Å². The van der Waals surface area contributed by atoms with Crippen molar-refractivity contribution >= 4 is 40.1 Å². The Morgan fingerprint density at radius 3 is 2.39 bits per heavy atom. The van der Waals surface area contributed by atoms with Crippen molar-refractivity contribution in [2.45, 2.75) is 13.8 Å². The van der Waals surface area contributed by atoms with E-state index in [0.29, 0.717) is 44.8 Å². The topological polar surface area (TPSA) is 107 Å². The summed E-state index contributed by atoms with van der Waals surface area (Å²) in [5.41, 5.74) is 4.13. The number of para-hydroxylation sites is 2. The number of rotatable bonds is 7. The summed E-state index contributed by atoms with van der Waals surface area (Å²) in [6.07, 6.45) is 0. The Morgan fingerprint density at radius 1 is 0.889 bits per heavy atom. The van der Waals surface area contributed by atoms with Crippen LogP contribution in [0.4, 0.5) is 11.4 Å². The van der Waals surface area contributed by atoms with E-state index in [2.05, 4.69) is 15.6 Å². The molecular weight excluding hydrogens is 458 g/mol. The lowest BCUT2D eigenvalue weighted by Gasteiger charge is -2.11. The van der Waals surface area contributed by atoms with Gasteiger partial charge in [-0.2, -0.15) is 0 Å². The zero-order valence-electron chi connectivity index (χ0n) is 20.1. The summed E-state index contributed by atoms with van der Waals surface area (Å²) < 4.78 is 10.5. The predicted molar refractivity (Wildman–Crippen MR) is 138 cm³/mol. The molecule has 0 saturated carbocycles. The molecule has 8 heteroatoms. The highest BCUT2D eigenvalue weighted by molar-refractivity contribution is 6.06. The molecule has 36 heavy (non-hydrogen) atoms. The zero-order chi connectivity index (χ0) is 25.7. The number of ether oxygens (including phenoxy) is 2. The smallest absolute Gasteiger partial charge is 0.339 e. The van der Waals surface area contributed by atoms with Crippen LogP contribution in [0.2, 0.25) is 0 Å². The number of nitrogens with zero attached hydrogens (tertiary/aromatic N) is 1. The van der Waals surface area contributed by atoms with Gasteiger partial charge in [0.2, 0.25) is 0 Å². The van der Waals surface area contributed by atoms with Gasteiger partial charge in [0.1, 0.15) is 5.75 Å². The molecule has 2 N–H and O–H groups in total. The molecule has 3 aromatic carbocycles. The molecule has 4 rings (SSSR count). The van der Waals surface area contributed by atoms with E-state index in [1.165, 1.54) is 7.11 Å². The van der Waals surface area contributed by atoms with Crippen molar-refractivity contribution in [1.29, 1.82) is 0 Å². The highest BCUT2D eigenvalue weighted by Crippen LogP contribution is 2.24. The van der Waals surface area contributed by atoms with Crippen molar-refractivity contribution in [1.82, 2.24) is 4.98 Å². The molecule has 0 unspecified atom stereocenters. The third-order valence-electron chi connectivity index (χ3n) is 5.43. The molecule has 2 amide bonds. The van der Waals surface area contributed by atoms with Gasteiger partial charge in [-0.1, -0.05) is 23.8 Å². The number of carbonyl (C=O) groups excluding carboxylic acids is 3. The lowest BCUT2D eigenvalue weighted by atomic mass is 10.1. The van der Waals surface area contributed by atoms with Crippen molar-refractivity contribution in [3.05, 3.63) is 95.2 Å². The van der Waals surface area contributed by atoms with Gasteiger partial charge in [0.05, 0.1) is 23.9 Å². The Morgan fingerprint density at radius 2 is 1.64 bits per heavy atom. The number of hydrogen-bond donors (Lipinski definition) is 2. The van der Waals surface area contributed by atoms with Crippen LogP contribution >= 0.6 is 0 Å². The summed E-state index contributed by atoms with van der Waals surface area (Å²) in [5, 5.41) is 6.13. The molecule has 0 spiro atoms. The largest absolute Gasteiger partial charge is 0.495 e. The summed E-state index contributed by atoms with van der Waals surface area (Å²) in [4.78, 5) is 42.1. The number of anilines is 2. The van der Waals surface area contributed by atoms with Gasteiger partial charge in [0.15, 0.2) is 6.61 Å². The number of amides is 2. The van der Waals surface area contributed by atoms with E-state index in [9.17, 15) is 14.4 Å². The average Bonchev–Trinajstić information content (AvgIpc) is 2.87. The molecule has 182 valence electrons. The first kappa shape index (κ1) is 24.4. The second kappa shape index (κ2) is 10.7. The third-order valence-corrected chi connectivity index (χ3v) is 5.43. The predicted octanol–water partition coefficient (Wildman–Crippen LogP) is 4.91.